The molecule has 0 aliphatic carbocycles. The van der Waals surface area contributed by atoms with Crippen molar-refractivity contribution < 1.29 is 13.8 Å². The Morgan fingerprint density at radius 1 is 1.16 bits per heavy atom. The van der Waals surface area contributed by atoms with Crippen LogP contribution in [-0.2, 0) is 9.30 Å². The van der Waals surface area contributed by atoms with Gasteiger partial charge in [0.2, 0.25) is 8.69 Å². The van der Waals surface area contributed by atoms with Gasteiger partial charge in [0, 0.05) is 5.56 Å². The molecule has 0 N–H and O–H groups in total. The monoisotopic (exact) mass is 282 g/mol. The van der Waals surface area contributed by atoms with Gasteiger partial charge in [0.05, 0.1) is 7.11 Å². The molecule has 0 bridgehead atoms. The highest BCUT2D eigenvalue weighted by Crippen LogP contribution is 2.31. The Bertz CT molecular complexity index is 454. The number of rotatable bonds is 6. The Morgan fingerprint density at radius 2 is 1.79 bits per heavy atom. The van der Waals surface area contributed by atoms with Crippen LogP contribution in [0, 0.1) is 11.8 Å². The molecule has 1 unspecified atom stereocenters. The second kappa shape index (κ2) is 7.40. The highest BCUT2D eigenvalue weighted by molar-refractivity contribution is 7.17. The van der Waals surface area contributed by atoms with Crippen molar-refractivity contribution in [2.24, 2.45) is 11.8 Å². The highest BCUT2D eigenvalue weighted by Gasteiger charge is 2.17. The van der Waals surface area contributed by atoms with Crippen LogP contribution in [0.5, 0.6) is 5.75 Å². The zero-order valence-electron chi connectivity index (χ0n) is 12.3. The van der Waals surface area contributed by atoms with E-state index >= 15 is 0 Å². The Balaban J connectivity index is 3.32. The van der Waals surface area contributed by atoms with Gasteiger partial charge < -0.3 is 9.26 Å². The topological polar surface area (TPSA) is 35.5 Å². The lowest BCUT2D eigenvalue weighted by molar-refractivity contribution is 0.357. The summed E-state index contributed by atoms with van der Waals surface area (Å²) in [5, 5.41) is 0. The molecule has 0 amide bonds. The van der Waals surface area contributed by atoms with E-state index < -0.39 is 8.69 Å². The summed E-state index contributed by atoms with van der Waals surface area (Å²) in [7, 11) is 0.445. The number of hydrogen-bond donors (Lipinski definition) is 0. The van der Waals surface area contributed by atoms with Crippen molar-refractivity contribution in [2.75, 3.05) is 7.11 Å². The Kier molecular flexibility index (Phi) is 6.17. The van der Waals surface area contributed by atoms with Gasteiger partial charge in [-0.05, 0) is 29.5 Å². The summed E-state index contributed by atoms with van der Waals surface area (Å²) in [4.78, 5) is 0. The molecule has 1 rings (SSSR count). The van der Waals surface area contributed by atoms with Crippen LogP contribution in [-0.4, -0.2) is 7.11 Å². The molecule has 0 radical (unpaired) electrons. The summed E-state index contributed by atoms with van der Waals surface area (Å²) in [6.45, 7) is 8.65. The van der Waals surface area contributed by atoms with E-state index in [4.69, 9.17) is 9.26 Å². The third kappa shape index (κ3) is 4.14. The van der Waals surface area contributed by atoms with Gasteiger partial charge in [-0.15, -0.1) is 0 Å². The second-order valence-electron chi connectivity index (χ2n) is 5.04. The molecular weight excluding hydrogens is 259 g/mol. The van der Waals surface area contributed by atoms with Gasteiger partial charge in [0.15, 0.2) is 0 Å². The third-order valence-corrected chi connectivity index (χ3v) is 3.36. The molecule has 4 heteroatoms. The lowest BCUT2D eigenvalue weighted by Crippen LogP contribution is -2.07. The minimum Gasteiger partial charge on any atom is -0.496 e. The van der Waals surface area contributed by atoms with Crippen molar-refractivity contribution in [3.8, 4) is 5.75 Å². The van der Waals surface area contributed by atoms with Crippen LogP contribution in [0.15, 0.2) is 29.8 Å². The zero-order valence-corrected chi connectivity index (χ0v) is 13.4. The Labute approximate surface area is 116 Å². The van der Waals surface area contributed by atoms with Crippen LogP contribution in [0.4, 0.5) is 0 Å². The number of hydrogen-bond acceptors (Lipinski definition) is 3. The van der Waals surface area contributed by atoms with Crippen molar-refractivity contribution >= 4 is 14.4 Å². The second-order valence-corrected chi connectivity index (χ2v) is 5.47. The average molecular weight is 282 g/mol. The average Bonchev–Trinajstić information content (AvgIpc) is 2.35. The van der Waals surface area contributed by atoms with Gasteiger partial charge in [-0.1, -0.05) is 39.8 Å². The van der Waals surface area contributed by atoms with Gasteiger partial charge in [-0.2, -0.15) is 0 Å². The van der Waals surface area contributed by atoms with Crippen molar-refractivity contribution in [1.29, 1.82) is 0 Å². The third-order valence-electron chi connectivity index (χ3n) is 2.99. The van der Waals surface area contributed by atoms with Crippen LogP contribution >= 0.6 is 8.69 Å². The van der Waals surface area contributed by atoms with Gasteiger partial charge in [-0.25, -0.2) is 0 Å². The quantitative estimate of drug-likeness (QED) is 0.573. The van der Waals surface area contributed by atoms with Gasteiger partial charge in [0.1, 0.15) is 11.5 Å². The predicted octanol–water partition coefficient (Wildman–Crippen LogP) is 4.41. The fourth-order valence-electron chi connectivity index (χ4n) is 2.36. The first-order valence-corrected chi connectivity index (χ1v) is 7.44. The van der Waals surface area contributed by atoms with Gasteiger partial charge in [0.25, 0.3) is 0 Å². The molecular formula is C15H23O3P. The molecule has 0 saturated carbocycles. The fraction of sp³-hybridized carbons (Fsp3) is 0.467. The first-order chi connectivity index (χ1) is 9.01. The summed E-state index contributed by atoms with van der Waals surface area (Å²) >= 11 is 0. The van der Waals surface area contributed by atoms with E-state index in [1.807, 2.05) is 18.2 Å². The summed E-state index contributed by atoms with van der Waals surface area (Å²) in [5.74, 6) is 2.31. The molecule has 1 atom stereocenters. The van der Waals surface area contributed by atoms with Gasteiger partial charge in [-0.3, -0.25) is 4.57 Å². The van der Waals surface area contributed by atoms with E-state index in [9.17, 15) is 4.57 Å². The lowest BCUT2D eigenvalue weighted by Gasteiger charge is -2.21. The van der Waals surface area contributed by atoms with E-state index in [1.54, 1.807) is 13.2 Å². The normalized spacial score (nSPS) is 11.3. The summed E-state index contributed by atoms with van der Waals surface area (Å²) in [6.07, 6.45) is 0. The van der Waals surface area contributed by atoms with E-state index in [2.05, 4.69) is 27.7 Å². The minimum absolute atomic E-state index is 0.407. The van der Waals surface area contributed by atoms with E-state index in [0.717, 1.165) is 11.3 Å². The molecule has 1 aromatic carbocycles. The van der Waals surface area contributed by atoms with Crippen LogP contribution in [0.2, 0.25) is 0 Å². The molecule has 0 heterocycles. The van der Waals surface area contributed by atoms with Crippen LogP contribution in [0.3, 0.4) is 0 Å². The largest absolute Gasteiger partial charge is 0.496 e. The lowest BCUT2D eigenvalue weighted by atomic mass is 9.89. The highest BCUT2D eigenvalue weighted by atomic mass is 31.1. The first-order valence-electron chi connectivity index (χ1n) is 6.50. The van der Waals surface area contributed by atoms with Crippen LogP contribution < -0.4 is 4.52 Å². The maximum Gasteiger partial charge on any atom is 0.225 e. The number of allylic oxidation sites excluding steroid dienone is 1. The molecule has 0 fully saturated rings. The summed E-state index contributed by atoms with van der Waals surface area (Å²) in [5.41, 5.74) is 2.24. The molecule has 3 nitrogen and oxygen atoms in total. The maximum atomic E-state index is 10.6. The van der Waals surface area contributed by atoms with E-state index in [1.165, 1.54) is 5.57 Å². The molecule has 19 heavy (non-hydrogen) atoms. The standard InChI is InChI=1S/C15H23O3P/c1-10(2)14(11(3)4)15(17-5)12-7-6-8-13(9-12)18-19-16/h6-11H,19H2,1-5H3. The number of benzene rings is 1. The van der Waals surface area contributed by atoms with E-state index in [0.29, 0.717) is 17.6 Å². The van der Waals surface area contributed by atoms with Gasteiger partial charge >= 0.3 is 0 Å². The molecule has 0 aromatic heterocycles. The minimum atomic E-state index is -1.24. The van der Waals surface area contributed by atoms with Crippen molar-refractivity contribution in [3.63, 3.8) is 0 Å². The van der Waals surface area contributed by atoms with Crippen molar-refractivity contribution in [1.82, 2.24) is 0 Å². The SMILES string of the molecule is COC(=C(C(C)C)C(C)C)c1cccc(O[PH2]=O)c1. The number of methoxy groups -OCH3 is 1. The predicted molar refractivity (Wildman–Crippen MR) is 81.1 cm³/mol. The first kappa shape index (κ1) is 15.8. The fourth-order valence-corrected chi connectivity index (χ4v) is 2.62. The zero-order chi connectivity index (χ0) is 14.4. The summed E-state index contributed by atoms with van der Waals surface area (Å²) < 4.78 is 21.3. The Hall–Kier alpha value is -1.21. The maximum absolute atomic E-state index is 10.6. The number of ether oxygens (including phenoxy) is 1. The molecule has 0 aliphatic rings. The van der Waals surface area contributed by atoms with Crippen LogP contribution in [0.1, 0.15) is 33.3 Å². The molecule has 0 aliphatic heterocycles. The summed E-state index contributed by atoms with van der Waals surface area (Å²) in [6, 6.07) is 7.54. The van der Waals surface area contributed by atoms with E-state index in [-0.39, 0.29) is 0 Å². The molecule has 1 aromatic rings. The molecule has 0 saturated heterocycles. The van der Waals surface area contributed by atoms with Crippen LogP contribution in [0.25, 0.3) is 5.76 Å². The molecule has 0 spiro atoms. The smallest absolute Gasteiger partial charge is 0.225 e. The Morgan fingerprint density at radius 3 is 2.26 bits per heavy atom. The van der Waals surface area contributed by atoms with Crippen molar-refractivity contribution in [3.05, 3.63) is 35.4 Å². The van der Waals surface area contributed by atoms with Crippen molar-refractivity contribution in [2.45, 2.75) is 27.7 Å². The molecule has 106 valence electrons.